The van der Waals surface area contributed by atoms with Gasteiger partial charge in [0, 0.05) is 6.04 Å². The molecule has 2 rings (SSSR count). The summed E-state index contributed by atoms with van der Waals surface area (Å²) in [7, 11) is 3.35. The average Bonchev–Trinajstić information content (AvgIpc) is 2.28. The Morgan fingerprint density at radius 1 is 1.19 bits per heavy atom. The SMILES string of the molecule is COc1cc2c(cc1OC)C(C)NCC2.[Cl-]. The van der Waals surface area contributed by atoms with Gasteiger partial charge < -0.3 is 27.2 Å². The quantitative estimate of drug-likeness (QED) is 0.716. The molecular weight excluding hydrogens is 226 g/mol. The summed E-state index contributed by atoms with van der Waals surface area (Å²) in [6, 6.07) is 4.56. The maximum atomic E-state index is 5.30. The van der Waals surface area contributed by atoms with E-state index >= 15 is 0 Å². The molecule has 1 aromatic rings. The van der Waals surface area contributed by atoms with Gasteiger partial charge in [0.1, 0.15) is 0 Å². The zero-order chi connectivity index (χ0) is 10.8. The number of ether oxygens (including phenoxy) is 2. The van der Waals surface area contributed by atoms with Crippen LogP contribution in [0.25, 0.3) is 0 Å². The molecule has 3 nitrogen and oxygen atoms in total. The van der Waals surface area contributed by atoms with Gasteiger partial charge in [-0.25, -0.2) is 0 Å². The average molecular weight is 243 g/mol. The largest absolute Gasteiger partial charge is 1.00 e. The van der Waals surface area contributed by atoms with E-state index in [0.29, 0.717) is 6.04 Å². The molecule has 4 heteroatoms. The highest BCUT2D eigenvalue weighted by atomic mass is 35.5. The predicted molar refractivity (Wildman–Crippen MR) is 59.7 cm³/mol. The van der Waals surface area contributed by atoms with Crippen molar-refractivity contribution < 1.29 is 21.9 Å². The molecule has 1 aromatic carbocycles. The lowest BCUT2D eigenvalue weighted by atomic mass is 9.94. The summed E-state index contributed by atoms with van der Waals surface area (Å²) in [5.41, 5.74) is 2.68. The van der Waals surface area contributed by atoms with Crippen molar-refractivity contribution in [3.8, 4) is 11.5 Å². The van der Waals surface area contributed by atoms with Gasteiger partial charge in [-0.15, -0.1) is 0 Å². The molecule has 90 valence electrons. The van der Waals surface area contributed by atoms with Crippen LogP contribution in [-0.2, 0) is 6.42 Å². The number of rotatable bonds is 2. The van der Waals surface area contributed by atoms with Crippen molar-refractivity contribution in [2.24, 2.45) is 0 Å². The van der Waals surface area contributed by atoms with Crippen molar-refractivity contribution in [1.82, 2.24) is 5.32 Å². The standard InChI is InChI=1S/C12H17NO2.ClH/c1-8-10-7-12(15-3)11(14-2)6-9(10)4-5-13-8;/h6-8,13H,4-5H2,1-3H3;1H/p-1. The van der Waals surface area contributed by atoms with Crippen LogP contribution in [0, 0.1) is 0 Å². The van der Waals surface area contributed by atoms with E-state index < -0.39 is 0 Å². The first-order chi connectivity index (χ1) is 7.26. The third-order valence-electron chi connectivity index (χ3n) is 2.96. The van der Waals surface area contributed by atoms with Gasteiger partial charge in [0.2, 0.25) is 0 Å². The second-order valence-corrected chi connectivity index (χ2v) is 3.83. The van der Waals surface area contributed by atoms with Crippen molar-refractivity contribution in [3.05, 3.63) is 23.3 Å². The van der Waals surface area contributed by atoms with E-state index in [9.17, 15) is 0 Å². The van der Waals surface area contributed by atoms with Gasteiger partial charge in [-0.05, 0) is 43.1 Å². The molecule has 0 saturated carbocycles. The van der Waals surface area contributed by atoms with E-state index in [4.69, 9.17) is 9.47 Å². The molecule has 1 unspecified atom stereocenters. The van der Waals surface area contributed by atoms with Crippen LogP contribution in [0.15, 0.2) is 12.1 Å². The first-order valence-corrected chi connectivity index (χ1v) is 5.24. The van der Waals surface area contributed by atoms with Crippen LogP contribution in [0.1, 0.15) is 24.1 Å². The number of benzene rings is 1. The normalized spacial score (nSPS) is 18.3. The smallest absolute Gasteiger partial charge is 0.161 e. The number of nitrogens with one attached hydrogen (secondary N) is 1. The van der Waals surface area contributed by atoms with Crippen LogP contribution in [0.5, 0.6) is 11.5 Å². The molecule has 1 aliphatic heterocycles. The minimum atomic E-state index is 0. The maximum absolute atomic E-state index is 5.30. The number of hydrogen-bond acceptors (Lipinski definition) is 3. The maximum Gasteiger partial charge on any atom is 0.161 e. The minimum Gasteiger partial charge on any atom is -1.00 e. The molecule has 0 aromatic heterocycles. The molecule has 1 atom stereocenters. The van der Waals surface area contributed by atoms with E-state index in [1.165, 1.54) is 11.1 Å². The molecule has 0 radical (unpaired) electrons. The highest BCUT2D eigenvalue weighted by molar-refractivity contribution is 5.49. The third-order valence-corrected chi connectivity index (χ3v) is 2.96. The molecule has 1 N–H and O–H groups in total. The van der Waals surface area contributed by atoms with Gasteiger partial charge in [-0.3, -0.25) is 0 Å². The molecule has 0 saturated heterocycles. The fourth-order valence-electron chi connectivity index (χ4n) is 2.09. The number of hydrogen-bond donors (Lipinski definition) is 1. The van der Waals surface area contributed by atoms with Crippen molar-refractivity contribution in [3.63, 3.8) is 0 Å². The molecule has 16 heavy (non-hydrogen) atoms. The Hall–Kier alpha value is -0.930. The first-order valence-electron chi connectivity index (χ1n) is 5.24. The van der Waals surface area contributed by atoms with Crippen LogP contribution < -0.4 is 27.2 Å². The van der Waals surface area contributed by atoms with E-state index in [1.54, 1.807) is 14.2 Å². The van der Waals surface area contributed by atoms with Crippen LogP contribution in [-0.4, -0.2) is 20.8 Å². The van der Waals surface area contributed by atoms with Gasteiger partial charge in [-0.2, -0.15) is 0 Å². The fourth-order valence-corrected chi connectivity index (χ4v) is 2.09. The summed E-state index contributed by atoms with van der Waals surface area (Å²) in [5, 5.41) is 3.43. The summed E-state index contributed by atoms with van der Waals surface area (Å²) in [6.07, 6.45) is 1.06. The van der Waals surface area contributed by atoms with Crippen molar-refractivity contribution in [2.45, 2.75) is 19.4 Å². The molecule has 0 aliphatic carbocycles. The zero-order valence-electron chi connectivity index (χ0n) is 9.84. The second-order valence-electron chi connectivity index (χ2n) is 3.83. The highest BCUT2D eigenvalue weighted by Gasteiger charge is 2.18. The first kappa shape index (κ1) is 13.1. The zero-order valence-corrected chi connectivity index (χ0v) is 10.6. The van der Waals surface area contributed by atoms with Gasteiger partial charge in [-0.1, -0.05) is 0 Å². The fraction of sp³-hybridized carbons (Fsp3) is 0.500. The molecule has 1 heterocycles. The topological polar surface area (TPSA) is 30.5 Å². The minimum absolute atomic E-state index is 0. The van der Waals surface area contributed by atoms with E-state index in [0.717, 1.165) is 24.5 Å². The molecule has 1 aliphatic rings. The number of fused-ring (bicyclic) bond motifs is 1. The highest BCUT2D eigenvalue weighted by Crippen LogP contribution is 2.34. The van der Waals surface area contributed by atoms with Crippen molar-refractivity contribution >= 4 is 0 Å². The van der Waals surface area contributed by atoms with Gasteiger partial charge >= 0.3 is 0 Å². The van der Waals surface area contributed by atoms with Crippen molar-refractivity contribution in [2.75, 3.05) is 20.8 Å². The summed E-state index contributed by atoms with van der Waals surface area (Å²) in [4.78, 5) is 0. The molecule has 0 bridgehead atoms. The Bertz CT molecular complexity index is 368. The Morgan fingerprint density at radius 3 is 2.44 bits per heavy atom. The Morgan fingerprint density at radius 2 is 1.81 bits per heavy atom. The van der Waals surface area contributed by atoms with Crippen LogP contribution in [0.4, 0.5) is 0 Å². The van der Waals surface area contributed by atoms with Crippen LogP contribution in [0.2, 0.25) is 0 Å². The van der Waals surface area contributed by atoms with E-state index in [1.807, 2.05) is 0 Å². The number of methoxy groups -OCH3 is 2. The summed E-state index contributed by atoms with van der Waals surface area (Å²) in [6.45, 7) is 3.20. The molecule has 0 spiro atoms. The molecular formula is C12H17ClNO2-. The Labute approximate surface area is 103 Å². The van der Waals surface area contributed by atoms with E-state index in [-0.39, 0.29) is 12.4 Å². The Kier molecular flexibility index (Phi) is 4.44. The number of halogens is 1. The van der Waals surface area contributed by atoms with Crippen molar-refractivity contribution in [1.29, 1.82) is 0 Å². The lowest BCUT2D eigenvalue weighted by molar-refractivity contribution is -0.00000376. The third kappa shape index (κ3) is 2.25. The Balaban J connectivity index is 0.00000128. The summed E-state index contributed by atoms with van der Waals surface area (Å²) < 4.78 is 10.6. The van der Waals surface area contributed by atoms with Gasteiger partial charge in [0.05, 0.1) is 14.2 Å². The van der Waals surface area contributed by atoms with Crippen LogP contribution in [0.3, 0.4) is 0 Å². The predicted octanol–water partition coefficient (Wildman–Crippen LogP) is -1.09. The van der Waals surface area contributed by atoms with Gasteiger partial charge in [0.25, 0.3) is 0 Å². The lowest BCUT2D eigenvalue weighted by Gasteiger charge is -2.25. The summed E-state index contributed by atoms with van der Waals surface area (Å²) in [5.74, 6) is 1.64. The van der Waals surface area contributed by atoms with Crippen LogP contribution >= 0.6 is 0 Å². The van der Waals surface area contributed by atoms with Gasteiger partial charge in [0.15, 0.2) is 11.5 Å². The monoisotopic (exact) mass is 242 g/mol. The second kappa shape index (κ2) is 5.41. The van der Waals surface area contributed by atoms with E-state index in [2.05, 4.69) is 24.4 Å². The molecule has 0 amide bonds. The molecule has 0 fully saturated rings. The summed E-state index contributed by atoms with van der Waals surface area (Å²) >= 11 is 0. The lowest BCUT2D eigenvalue weighted by Crippen LogP contribution is -3.00.